The maximum Gasteiger partial charge on any atom is 0.0897 e. The van der Waals surface area contributed by atoms with Crippen molar-refractivity contribution in [3.63, 3.8) is 0 Å². The molecule has 0 saturated carbocycles. The topological polar surface area (TPSA) is 38.9 Å². The van der Waals surface area contributed by atoms with Crippen molar-refractivity contribution in [2.24, 2.45) is 5.73 Å². The van der Waals surface area contributed by atoms with Gasteiger partial charge >= 0.3 is 0 Å². The van der Waals surface area contributed by atoms with Gasteiger partial charge in [-0.25, -0.2) is 4.98 Å². The highest BCUT2D eigenvalue weighted by atomic mass is 32.1. The van der Waals surface area contributed by atoms with Crippen LogP contribution in [0.2, 0.25) is 0 Å². The Bertz CT molecular complexity index is 559. The van der Waals surface area contributed by atoms with Gasteiger partial charge in [0.2, 0.25) is 0 Å². The quantitative estimate of drug-likeness (QED) is 0.918. The number of hydrogen-bond acceptors (Lipinski definition) is 3. The molecule has 1 unspecified atom stereocenters. The van der Waals surface area contributed by atoms with Crippen LogP contribution in [-0.2, 0) is 19.3 Å². The maximum atomic E-state index is 6.29. The Kier molecular flexibility index (Phi) is 3.18. The zero-order valence-corrected chi connectivity index (χ0v) is 11.5. The molecule has 2 N–H and O–H groups in total. The molecule has 0 saturated heterocycles. The number of thiazole rings is 1. The van der Waals surface area contributed by atoms with Crippen molar-refractivity contribution in [1.82, 2.24) is 4.98 Å². The maximum absolute atomic E-state index is 6.29. The summed E-state index contributed by atoms with van der Waals surface area (Å²) < 4.78 is 0. The Morgan fingerprint density at radius 3 is 2.94 bits per heavy atom. The van der Waals surface area contributed by atoms with Crippen molar-refractivity contribution in [1.29, 1.82) is 0 Å². The van der Waals surface area contributed by atoms with Gasteiger partial charge in [-0.15, -0.1) is 11.3 Å². The molecule has 0 aliphatic heterocycles. The molecule has 1 aliphatic carbocycles. The highest BCUT2D eigenvalue weighted by Crippen LogP contribution is 2.26. The lowest BCUT2D eigenvalue weighted by Gasteiger charge is -2.12. The van der Waals surface area contributed by atoms with Crippen LogP contribution in [0.15, 0.2) is 23.6 Å². The Hall–Kier alpha value is -1.19. The first-order valence-electron chi connectivity index (χ1n) is 6.50. The SMILES string of the molecule is Cc1nc(CC(N)c2ccc3c(c2)CCC3)cs1. The van der Waals surface area contributed by atoms with Crippen LogP contribution in [0.5, 0.6) is 0 Å². The Morgan fingerprint density at radius 2 is 2.17 bits per heavy atom. The molecule has 3 rings (SSSR count). The van der Waals surface area contributed by atoms with Gasteiger partial charge in [0.05, 0.1) is 10.7 Å². The molecule has 94 valence electrons. The van der Waals surface area contributed by atoms with Gasteiger partial charge in [-0.05, 0) is 42.9 Å². The zero-order chi connectivity index (χ0) is 12.5. The number of nitrogens with two attached hydrogens (primary N) is 1. The molecule has 1 aromatic carbocycles. The average Bonchev–Trinajstić information content (AvgIpc) is 2.96. The molecule has 1 heterocycles. The summed E-state index contributed by atoms with van der Waals surface area (Å²) in [6.45, 7) is 2.04. The minimum absolute atomic E-state index is 0.0670. The first-order chi connectivity index (χ1) is 8.72. The fraction of sp³-hybridized carbons (Fsp3) is 0.400. The Labute approximate surface area is 112 Å². The van der Waals surface area contributed by atoms with Gasteiger partial charge in [-0.2, -0.15) is 0 Å². The molecule has 3 heteroatoms. The van der Waals surface area contributed by atoms with Crippen LogP contribution in [0, 0.1) is 6.92 Å². The van der Waals surface area contributed by atoms with Crippen LogP contribution >= 0.6 is 11.3 Å². The number of rotatable bonds is 3. The van der Waals surface area contributed by atoms with E-state index in [1.807, 2.05) is 6.92 Å². The Balaban J connectivity index is 1.78. The van der Waals surface area contributed by atoms with E-state index >= 15 is 0 Å². The van der Waals surface area contributed by atoms with Gasteiger partial charge in [0, 0.05) is 17.8 Å². The largest absolute Gasteiger partial charge is 0.324 e. The molecule has 2 nitrogen and oxygen atoms in total. The minimum atomic E-state index is 0.0670. The number of benzene rings is 1. The molecule has 0 fully saturated rings. The van der Waals surface area contributed by atoms with Crippen LogP contribution in [0.4, 0.5) is 0 Å². The third-order valence-electron chi connectivity index (χ3n) is 3.65. The number of aromatic nitrogens is 1. The van der Waals surface area contributed by atoms with E-state index in [0.717, 1.165) is 17.1 Å². The van der Waals surface area contributed by atoms with Crippen LogP contribution in [0.3, 0.4) is 0 Å². The molecule has 2 aromatic rings. The lowest BCUT2D eigenvalue weighted by atomic mass is 9.99. The first kappa shape index (κ1) is 11.9. The monoisotopic (exact) mass is 258 g/mol. The lowest BCUT2D eigenvalue weighted by Crippen LogP contribution is -2.14. The van der Waals surface area contributed by atoms with E-state index < -0.39 is 0 Å². The van der Waals surface area contributed by atoms with E-state index in [1.165, 1.54) is 36.0 Å². The lowest BCUT2D eigenvalue weighted by molar-refractivity contribution is 0.708. The molecule has 0 bridgehead atoms. The summed E-state index contributed by atoms with van der Waals surface area (Å²) in [5.74, 6) is 0. The molecular formula is C15H18N2S. The van der Waals surface area contributed by atoms with E-state index in [2.05, 4.69) is 28.6 Å². The summed E-state index contributed by atoms with van der Waals surface area (Å²) in [6.07, 6.45) is 4.57. The van der Waals surface area contributed by atoms with Crippen LogP contribution in [-0.4, -0.2) is 4.98 Å². The van der Waals surface area contributed by atoms with Gasteiger partial charge in [0.15, 0.2) is 0 Å². The van der Waals surface area contributed by atoms with E-state index in [9.17, 15) is 0 Å². The summed E-state index contributed by atoms with van der Waals surface area (Å²) in [7, 11) is 0. The molecule has 18 heavy (non-hydrogen) atoms. The van der Waals surface area contributed by atoms with Crippen molar-refractivity contribution >= 4 is 11.3 Å². The summed E-state index contributed by atoms with van der Waals surface area (Å²) in [6, 6.07) is 6.81. The van der Waals surface area contributed by atoms with Crippen molar-refractivity contribution in [3.05, 3.63) is 51.0 Å². The molecule has 1 aliphatic rings. The highest BCUT2D eigenvalue weighted by Gasteiger charge is 2.14. The molecule has 0 spiro atoms. The zero-order valence-electron chi connectivity index (χ0n) is 10.6. The minimum Gasteiger partial charge on any atom is -0.324 e. The van der Waals surface area contributed by atoms with E-state index in [-0.39, 0.29) is 6.04 Å². The number of aryl methyl sites for hydroxylation is 3. The van der Waals surface area contributed by atoms with Gasteiger partial charge in [0.25, 0.3) is 0 Å². The third kappa shape index (κ3) is 2.33. The second-order valence-electron chi connectivity index (χ2n) is 5.05. The Morgan fingerprint density at radius 1 is 1.33 bits per heavy atom. The smallest absolute Gasteiger partial charge is 0.0897 e. The first-order valence-corrected chi connectivity index (χ1v) is 7.38. The van der Waals surface area contributed by atoms with E-state index in [1.54, 1.807) is 11.3 Å². The number of nitrogens with zero attached hydrogens (tertiary/aromatic N) is 1. The normalized spacial score (nSPS) is 15.7. The fourth-order valence-corrected chi connectivity index (χ4v) is 3.29. The standard InChI is InChI=1S/C15H18N2S/c1-10-17-14(9-18-10)8-15(16)13-6-5-11-3-2-4-12(11)7-13/h5-7,9,15H,2-4,8,16H2,1H3. The third-order valence-corrected chi connectivity index (χ3v) is 4.47. The van der Waals surface area contributed by atoms with Crippen molar-refractivity contribution in [2.45, 2.75) is 38.6 Å². The molecule has 1 aromatic heterocycles. The van der Waals surface area contributed by atoms with Crippen LogP contribution in [0.25, 0.3) is 0 Å². The molecule has 0 radical (unpaired) electrons. The van der Waals surface area contributed by atoms with Gasteiger partial charge in [-0.3, -0.25) is 0 Å². The summed E-state index contributed by atoms with van der Waals surface area (Å²) in [5, 5.41) is 3.23. The second kappa shape index (κ2) is 4.82. The average molecular weight is 258 g/mol. The fourth-order valence-electron chi connectivity index (χ4n) is 2.67. The van der Waals surface area contributed by atoms with Crippen molar-refractivity contribution in [2.75, 3.05) is 0 Å². The summed E-state index contributed by atoms with van der Waals surface area (Å²) >= 11 is 1.70. The highest BCUT2D eigenvalue weighted by molar-refractivity contribution is 7.09. The number of fused-ring (bicyclic) bond motifs is 1. The second-order valence-corrected chi connectivity index (χ2v) is 6.11. The predicted molar refractivity (Wildman–Crippen MR) is 76.0 cm³/mol. The van der Waals surface area contributed by atoms with Crippen molar-refractivity contribution < 1.29 is 0 Å². The molecule has 1 atom stereocenters. The van der Waals surface area contributed by atoms with E-state index in [0.29, 0.717) is 0 Å². The van der Waals surface area contributed by atoms with Gasteiger partial charge < -0.3 is 5.73 Å². The molecular weight excluding hydrogens is 240 g/mol. The van der Waals surface area contributed by atoms with Gasteiger partial charge in [0.1, 0.15) is 0 Å². The van der Waals surface area contributed by atoms with E-state index in [4.69, 9.17) is 5.73 Å². The van der Waals surface area contributed by atoms with Crippen LogP contribution in [0.1, 0.15) is 39.9 Å². The summed E-state index contributed by atoms with van der Waals surface area (Å²) in [5.41, 5.74) is 11.7. The van der Waals surface area contributed by atoms with Gasteiger partial charge in [-0.1, -0.05) is 18.2 Å². The predicted octanol–water partition coefficient (Wildman–Crippen LogP) is 3.18. The van der Waals surface area contributed by atoms with Crippen LogP contribution < -0.4 is 5.73 Å². The molecule has 0 amide bonds. The summed E-state index contributed by atoms with van der Waals surface area (Å²) in [4.78, 5) is 4.49. The number of hydrogen-bond donors (Lipinski definition) is 1. The van der Waals surface area contributed by atoms with Crippen molar-refractivity contribution in [3.8, 4) is 0 Å².